The van der Waals surface area contributed by atoms with Crippen molar-refractivity contribution in [2.75, 3.05) is 20.7 Å². The maximum absolute atomic E-state index is 13.9. The van der Waals surface area contributed by atoms with E-state index in [9.17, 15) is 14.0 Å². The Bertz CT molecular complexity index is 602. The second-order valence-electron chi connectivity index (χ2n) is 4.30. The number of hydrogen-bond donors (Lipinski definition) is 0. The van der Waals surface area contributed by atoms with E-state index in [-0.39, 0.29) is 22.8 Å². The highest BCUT2D eigenvalue weighted by Gasteiger charge is 2.25. The Labute approximate surface area is 135 Å². The van der Waals surface area contributed by atoms with Gasteiger partial charge >= 0.3 is 5.97 Å². The van der Waals surface area contributed by atoms with Crippen LogP contribution in [0.25, 0.3) is 0 Å². The minimum atomic E-state index is -0.804. The molecule has 0 saturated carbocycles. The molecule has 0 fully saturated rings. The smallest absolute Gasteiger partial charge is 0.343 e. The van der Waals surface area contributed by atoms with E-state index in [0.29, 0.717) is 4.47 Å². The summed E-state index contributed by atoms with van der Waals surface area (Å²) in [7, 11) is 3.28. The summed E-state index contributed by atoms with van der Waals surface area (Å²) in [4.78, 5) is 25.7. The number of rotatable bonds is 5. The van der Waals surface area contributed by atoms with Gasteiger partial charge < -0.3 is 9.64 Å². The van der Waals surface area contributed by atoms with E-state index in [0.717, 1.165) is 6.07 Å². The Morgan fingerprint density at radius 3 is 2.57 bits per heavy atom. The van der Waals surface area contributed by atoms with Crippen molar-refractivity contribution in [2.45, 2.75) is 6.92 Å². The van der Waals surface area contributed by atoms with Gasteiger partial charge in [0, 0.05) is 24.8 Å². The number of carbonyl (C=O) groups is 2. The van der Waals surface area contributed by atoms with E-state index < -0.39 is 17.6 Å². The molecule has 0 amide bonds. The fourth-order valence-electron chi connectivity index (χ4n) is 1.51. The van der Waals surface area contributed by atoms with Crippen molar-refractivity contribution in [1.82, 2.24) is 4.90 Å². The zero-order valence-corrected chi connectivity index (χ0v) is 14.1. The van der Waals surface area contributed by atoms with Gasteiger partial charge in [-0.3, -0.25) is 4.79 Å². The molecule has 114 valence electrons. The number of carbonyl (C=O) groups excluding carboxylic acids is 2. The van der Waals surface area contributed by atoms with Crippen molar-refractivity contribution in [2.24, 2.45) is 0 Å². The van der Waals surface area contributed by atoms with Gasteiger partial charge in [0.05, 0.1) is 17.2 Å². The number of esters is 1. The van der Waals surface area contributed by atoms with Crippen molar-refractivity contribution in [1.29, 1.82) is 0 Å². The lowest BCUT2D eigenvalue weighted by atomic mass is 10.0. The molecule has 0 aromatic heterocycles. The third-order valence-corrected chi connectivity index (χ3v) is 3.58. The highest BCUT2D eigenvalue weighted by Crippen LogP contribution is 2.27. The monoisotopic (exact) mass is 377 g/mol. The Balaban J connectivity index is 3.30. The number of hydrogen-bond acceptors (Lipinski definition) is 4. The predicted molar refractivity (Wildman–Crippen MR) is 81.8 cm³/mol. The highest BCUT2D eigenvalue weighted by molar-refractivity contribution is 9.10. The molecular weight excluding hydrogens is 365 g/mol. The third-order valence-electron chi connectivity index (χ3n) is 2.38. The molecule has 1 rings (SSSR count). The van der Waals surface area contributed by atoms with Crippen LogP contribution in [-0.4, -0.2) is 37.4 Å². The van der Waals surface area contributed by atoms with Crippen LogP contribution in [-0.2, 0) is 9.53 Å². The zero-order valence-electron chi connectivity index (χ0n) is 11.7. The molecule has 0 saturated heterocycles. The Kier molecular flexibility index (Phi) is 6.36. The zero-order chi connectivity index (χ0) is 16.2. The van der Waals surface area contributed by atoms with Crippen LogP contribution in [0.2, 0.25) is 5.02 Å². The number of nitrogens with zero attached hydrogens (tertiary/aromatic N) is 1. The molecule has 0 bridgehead atoms. The first-order valence-corrected chi connectivity index (χ1v) is 7.19. The fourth-order valence-corrected chi connectivity index (χ4v) is 2.01. The molecule has 1 aromatic carbocycles. The molecule has 0 unspecified atom stereocenters. The Morgan fingerprint density at radius 1 is 1.43 bits per heavy atom. The third kappa shape index (κ3) is 4.54. The van der Waals surface area contributed by atoms with Crippen LogP contribution in [0.5, 0.6) is 0 Å². The van der Waals surface area contributed by atoms with E-state index in [4.69, 9.17) is 16.3 Å². The molecule has 1 aromatic rings. The second-order valence-corrected chi connectivity index (χ2v) is 5.56. The molecule has 0 aliphatic carbocycles. The van der Waals surface area contributed by atoms with Crippen LogP contribution in [0, 0.1) is 5.82 Å². The first-order valence-electron chi connectivity index (χ1n) is 6.02. The van der Waals surface area contributed by atoms with Gasteiger partial charge in [0.1, 0.15) is 11.4 Å². The highest BCUT2D eigenvalue weighted by atomic mass is 79.9. The molecule has 0 atom stereocenters. The molecule has 4 nitrogen and oxygen atoms in total. The summed E-state index contributed by atoms with van der Waals surface area (Å²) >= 11 is 8.87. The van der Waals surface area contributed by atoms with Crippen molar-refractivity contribution in [3.63, 3.8) is 0 Å². The number of Topliss-reactive ketones (excluding diaryl/α,β-unsaturated/α-hetero) is 1. The summed E-state index contributed by atoms with van der Waals surface area (Å²) in [6.45, 7) is 1.73. The summed E-state index contributed by atoms with van der Waals surface area (Å²) in [6.07, 6.45) is 1.29. The molecule has 0 aliphatic heterocycles. The molecular formula is C14H14BrClFNO3. The van der Waals surface area contributed by atoms with Crippen molar-refractivity contribution < 1.29 is 18.7 Å². The minimum Gasteiger partial charge on any atom is -0.462 e. The first kappa shape index (κ1) is 17.7. The summed E-state index contributed by atoms with van der Waals surface area (Å²) in [5, 5.41) is 0.137. The van der Waals surface area contributed by atoms with E-state index >= 15 is 0 Å². The first-order chi connectivity index (χ1) is 9.77. The summed E-state index contributed by atoms with van der Waals surface area (Å²) in [5.41, 5.74) is -0.512. The van der Waals surface area contributed by atoms with Crippen molar-refractivity contribution in [3.8, 4) is 0 Å². The molecule has 7 heteroatoms. The molecule has 0 radical (unpaired) electrons. The van der Waals surface area contributed by atoms with Gasteiger partial charge in [-0.15, -0.1) is 0 Å². The van der Waals surface area contributed by atoms with Gasteiger partial charge in [0.25, 0.3) is 0 Å². The number of benzene rings is 1. The van der Waals surface area contributed by atoms with E-state index in [1.54, 1.807) is 21.0 Å². The number of ketones is 1. The lowest BCUT2D eigenvalue weighted by Gasteiger charge is -2.11. The summed E-state index contributed by atoms with van der Waals surface area (Å²) < 4.78 is 19.1. The maximum Gasteiger partial charge on any atom is 0.343 e. The summed E-state index contributed by atoms with van der Waals surface area (Å²) in [6, 6.07) is 2.25. The lowest BCUT2D eigenvalue weighted by molar-refractivity contribution is -0.138. The van der Waals surface area contributed by atoms with Gasteiger partial charge in [-0.2, -0.15) is 0 Å². The molecule has 0 aliphatic rings. The quantitative estimate of drug-likeness (QED) is 0.197. The van der Waals surface area contributed by atoms with E-state index in [2.05, 4.69) is 15.9 Å². The Hall–Kier alpha value is -1.40. The van der Waals surface area contributed by atoms with Gasteiger partial charge in [-0.25, -0.2) is 9.18 Å². The SMILES string of the molecule is CCOC(=O)/C(=C\N(C)C)C(=O)c1cc(Br)c(Cl)cc1F. The van der Waals surface area contributed by atoms with Crippen LogP contribution in [0.1, 0.15) is 17.3 Å². The van der Waals surface area contributed by atoms with Crippen LogP contribution in [0.15, 0.2) is 28.4 Å². The largest absolute Gasteiger partial charge is 0.462 e. The number of ether oxygens (including phenoxy) is 1. The lowest BCUT2D eigenvalue weighted by Crippen LogP contribution is -2.20. The standard InChI is InChI=1S/C14H14BrClFNO3/c1-4-21-14(20)9(7-18(2)3)13(19)8-5-10(15)11(16)6-12(8)17/h5-7H,4H2,1-3H3/b9-7-. The molecule has 0 heterocycles. The van der Waals surface area contributed by atoms with Crippen LogP contribution in [0.3, 0.4) is 0 Å². The van der Waals surface area contributed by atoms with E-state index in [1.807, 2.05) is 0 Å². The second kappa shape index (κ2) is 7.56. The van der Waals surface area contributed by atoms with Gasteiger partial charge in [0.15, 0.2) is 0 Å². The van der Waals surface area contributed by atoms with Crippen LogP contribution >= 0.6 is 27.5 Å². The predicted octanol–water partition coefficient (Wildman–Crippen LogP) is 3.43. The summed E-state index contributed by atoms with van der Waals surface area (Å²) in [5.74, 6) is -2.37. The average Bonchev–Trinajstić information content (AvgIpc) is 2.39. The minimum absolute atomic E-state index is 0.115. The van der Waals surface area contributed by atoms with Gasteiger partial charge in [-0.05, 0) is 35.0 Å². The van der Waals surface area contributed by atoms with Crippen molar-refractivity contribution in [3.05, 3.63) is 44.8 Å². The normalized spacial score (nSPS) is 11.2. The Morgan fingerprint density at radius 2 is 2.05 bits per heavy atom. The number of halogens is 3. The van der Waals surface area contributed by atoms with Crippen LogP contribution in [0.4, 0.5) is 4.39 Å². The van der Waals surface area contributed by atoms with Gasteiger partial charge in [-0.1, -0.05) is 11.6 Å². The molecule has 0 N–H and O–H groups in total. The topological polar surface area (TPSA) is 46.6 Å². The van der Waals surface area contributed by atoms with Gasteiger partial charge in [0.2, 0.25) is 5.78 Å². The fraction of sp³-hybridized carbons (Fsp3) is 0.286. The average molecular weight is 379 g/mol. The molecule has 0 spiro atoms. The van der Waals surface area contributed by atoms with Crippen molar-refractivity contribution >= 4 is 39.3 Å². The van der Waals surface area contributed by atoms with Crippen LogP contribution < -0.4 is 0 Å². The van der Waals surface area contributed by atoms with E-state index in [1.165, 1.54) is 17.2 Å². The molecule has 21 heavy (non-hydrogen) atoms. The maximum atomic E-state index is 13.9.